The molecule has 4 nitrogen and oxygen atoms in total. The van der Waals surface area contributed by atoms with E-state index in [9.17, 15) is 0 Å². The maximum atomic E-state index is 5.28. The van der Waals surface area contributed by atoms with Crippen LogP contribution in [0.3, 0.4) is 0 Å². The van der Waals surface area contributed by atoms with Crippen LogP contribution in [0.5, 0.6) is 0 Å². The predicted molar refractivity (Wildman–Crippen MR) is 78.8 cm³/mol. The molecule has 0 bridgehead atoms. The van der Waals surface area contributed by atoms with Crippen LogP contribution in [0.15, 0.2) is 29.4 Å². The van der Waals surface area contributed by atoms with E-state index in [0.717, 1.165) is 18.7 Å². The molecule has 0 aliphatic carbocycles. The van der Waals surface area contributed by atoms with Crippen molar-refractivity contribution >= 4 is 23.5 Å². The molecule has 0 radical (unpaired) electrons. The number of benzene rings is 1. The maximum Gasteiger partial charge on any atom is 0.184 e. The lowest BCUT2D eigenvalue weighted by molar-refractivity contribution is 0.460. The lowest BCUT2D eigenvalue weighted by Crippen LogP contribution is -2.26. The van der Waals surface area contributed by atoms with E-state index in [2.05, 4.69) is 52.3 Å². The van der Waals surface area contributed by atoms with Gasteiger partial charge in [0.25, 0.3) is 0 Å². The highest BCUT2D eigenvalue weighted by molar-refractivity contribution is 7.80. The molecule has 4 N–H and O–H groups in total. The second-order valence-corrected chi connectivity index (χ2v) is 4.87. The van der Waals surface area contributed by atoms with Crippen LogP contribution in [-0.4, -0.2) is 24.4 Å². The van der Waals surface area contributed by atoms with Gasteiger partial charge in [-0.15, -0.1) is 0 Å². The van der Waals surface area contributed by atoms with Crippen LogP contribution >= 0.6 is 12.2 Å². The van der Waals surface area contributed by atoms with Crippen LogP contribution in [0.2, 0.25) is 0 Å². The predicted octanol–water partition coefficient (Wildman–Crippen LogP) is 1.32. The van der Waals surface area contributed by atoms with E-state index in [-0.39, 0.29) is 5.11 Å². The molecule has 1 heterocycles. The second-order valence-electron chi connectivity index (χ2n) is 4.43. The van der Waals surface area contributed by atoms with Crippen molar-refractivity contribution < 1.29 is 0 Å². The number of hydrazone groups is 1. The molecule has 0 amide bonds. The number of nitrogens with zero attached hydrogens (tertiary/aromatic N) is 1. The van der Waals surface area contributed by atoms with E-state index in [1.54, 1.807) is 6.21 Å². The van der Waals surface area contributed by atoms with Gasteiger partial charge in [0.15, 0.2) is 5.11 Å². The number of hydrogen-bond donors (Lipinski definition) is 3. The zero-order chi connectivity index (χ0) is 12.8. The van der Waals surface area contributed by atoms with Crippen molar-refractivity contribution in [3.8, 4) is 0 Å². The molecule has 96 valence electrons. The molecule has 2 rings (SSSR count). The minimum atomic E-state index is 0.178. The summed E-state index contributed by atoms with van der Waals surface area (Å²) in [5.41, 5.74) is 10.3. The Morgan fingerprint density at radius 3 is 2.61 bits per heavy atom. The van der Waals surface area contributed by atoms with E-state index in [1.165, 1.54) is 18.4 Å². The molecule has 1 aromatic carbocycles. The van der Waals surface area contributed by atoms with Crippen LogP contribution < -0.4 is 16.5 Å². The van der Waals surface area contributed by atoms with Crippen LogP contribution in [0.4, 0.5) is 0 Å². The third kappa shape index (κ3) is 3.78. The third-order valence-electron chi connectivity index (χ3n) is 3.14. The first-order valence-electron chi connectivity index (χ1n) is 6.15. The number of hydrogen-bond acceptors (Lipinski definition) is 3. The van der Waals surface area contributed by atoms with Gasteiger partial charge in [0.1, 0.15) is 0 Å². The van der Waals surface area contributed by atoms with Gasteiger partial charge < -0.3 is 11.1 Å². The largest absolute Gasteiger partial charge is 0.375 e. The van der Waals surface area contributed by atoms with Gasteiger partial charge in [0, 0.05) is 0 Å². The minimum absolute atomic E-state index is 0.178. The molecule has 1 aliphatic heterocycles. The number of thiocarbonyl (C=S) groups is 1. The van der Waals surface area contributed by atoms with Gasteiger partial charge in [0.05, 0.1) is 6.21 Å². The van der Waals surface area contributed by atoms with E-state index in [4.69, 9.17) is 5.73 Å². The molecule has 0 unspecified atom stereocenters. The highest BCUT2D eigenvalue weighted by atomic mass is 32.1. The maximum absolute atomic E-state index is 5.28. The standard InChI is InChI=1S/C13H18N4S/c14-13(18)17-16-9-10-1-3-11(4-2-10)12-5-7-15-8-6-12/h1-4,9,12,15H,5-8H2,(H3,14,17,18)/b16-9+. The SMILES string of the molecule is NC(=S)N/N=C/c1ccc(C2CCNCC2)cc1. The summed E-state index contributed by atoms with van der Waals surface area (Å²) in [6, 6.07) is 8.50. The Labute approximate surface area is 113 Å². The summed E-state index contributed by atoms with van der Waals surface area (Å²) < 4.78 is 0. The van der Waals surface area contributed by atoms with Gasteiger partial charge in [-0.05, 0) is 55.2 Å². The highest BCUT2D eigenvalue weighted by Crippen LogP contribution is 2.24. The van der Waals surface area contributed by atoms with Gasteiger partial charge in [-0.3, -0.25) is 5.43 Å². The Kier molecular flexibility index (Phi) is 4.66. The minimum Gasteiger partial charge on any atom is -0.375 e. The molecular formula is C13H18N4S. The Balaban J connectivity index is 1.96. The Hall–Kier alpha value is -1.46. The van der Waals surface area contributed by atoms with E-state index < -0.39 is 0 Å². The molecule has 0 atom stereocenters. The van der Waals surface area contributed by atoms with Gasteiger partial charge >= 0.3 is 0 Å². The van der Waals surface area contributed by atoms with Crippen molar-refractivity contribution in [3.63, 3.8) is 0 Å². The molecule has 1 aromatic rings. The first-order chi connectivity index (χ1) is 8.75. The van der Waals surface area contributed by atoms with Crippen molar-refractivity contribution in [2.45, 2.75) is 18.8 Å². The number of nitrogens with one attached hydrogen (secondary N) is 2. The van der Waals surface area contributed by atoms with Gasteiger partial charge in [0.2, 0.25) is 0 Å². The zero-order valence-corrected chi connectivity index (χ0v) is 11.0. The van der Waals surface area contributed by atoms with E-state index in [1.807, 2.05) is 0 Å². The average molecular weight is 262 g/mol. The topological polar surface area (TPSA) is 62.4 Å². The van der Waals surface area contributed by atoms with Crippen molar-refractivity contribution in [2.75, 3.05) is 13.1 Å². The first-order valence-corrected chi connectivity index (χ1v) is 6.56. The number of rotatable bonds is 3. The van der Waals surface area contributed by atoms with Crippen molar-refractivity contribution in [1.29, 1.82) is 0 Å². The highest BCUT2D eigenvalue weighted by Gasteiger charge is 2.14. The van der Waals surface area contributed by atoms with Crippen LogP contribution in [0, 0.1) is 0 Å². The van der Waals surface area contributed by atoms with E-state index >= 15 is 0 Å². The zero-order valence-electron chi connectivity index (χ0n) is 10.2. The average Bonchev–Trinajstić information content (AvgIpc) is 2.40. The summed E-state index contributed by atoms with van der Waals surface area (Å²) in [6.45, 7) is 2.23. The Morgan fingerprint density at radius 1 is 1.33 bits per heavy atom. The third-order valence-corrected chi connectivity index (χ3v) is 3.23. The van der Waals surface area contributed by atoms with E-state index in [0.29, 0.717) is 5.92 Å². The molecule has 1 saturated heterocycles. The molecular weight excluding hydrogens is 244 g/mol. The lowest BCUT2D eigenvalue weighted by Gasteiger charge is -2.22. The number of nitrogens with two attached hydrogens (primary N) is 1. The normalized spacial score (nSPS) is 16.9. The molecule has 1 aliphatic rings. The first kappa shape index (κ1) is 13.0. The summed E-state index contributed by atoms with van der Waals surface area (Å²) in [6.07, 6.45) is 4.15. The summed E-state index contributed by atoms with van der Waals surface area (Å²) in [5.74, 6) is 0.687. The Morgan fingerprint density at radius 2 is 2.00 bits per heavy atom. The van der Waals surface area contributed by atoms with Crippen molar-refractivity contribution in [1.82, 2.24) is 10.7 Å². The summed E-state index contributed by atoms with van der Waals surface area (Å²) in [7, 11) is 0. The number of piperidine rings is 1. The fourth-order valence-corrected chi connectivity index (χ4v) is 2.23. The van der Waals surface area contributed by atoms with Gasteiger partial charge in [-0.1, -0.05) is 24.3 Å². The fraction of sp³-hybridized carbons (Fsp3) is 0.385. The molecule has 0 spiro atoms. The summed E-state index contributed by atoms with van der Waals surface area (Å²) in [5, 5.41) is 7.49. The van der Waals surface area contributed by atoms with Crippen molar-refractivity contribution in [2.24, 2.45) is 10.8 Å². The molecule has 18 heavy (non-hydrogen) atoms. The van der Waals surface area contributed by atoms with Crippen LogP contribution in [0.1, 0.15) is 29.9 Å². The monoisotopic (exact) mass is 262 g/mol. The molecule has 5 heteroatoms. The Bertz CT molecular complexity index is 421. The van der Waals surface area contributed by atoms with Crippen molar-refractivity contribution in [3.05, 3.63) is 35.4 Å². The quantitative estimate of drug-likeness (QED) is 0.437. The van der Waals surface area contributed by atoms with Crippen LogP contribution in [-0.2, 0) is 0 Å². The smallest absolute Gasteiger partial charge is 0.184 e. The summed E-state index contributed by atoms with van der Waals surface area (Å²) >= 11 is 4.66. The second kappa shape index (κ2) is 6.47. The molecule has 1 fully saturated rings. The fourth-order valence-electron chi connectivity index (χ4n) is 2.18. The van der Waals surface area contributed by atoms with Gasteiger partial charge in [-0.25, -0.2) is 0 Å². The lowest BCUT2D eigenvalue weighted by atomic mass is 9.90. The summed E-state index contributed by atoms with van der Waals surface area (Å²) in [4.78, 5) is 0. The molecule has 0 aromatic heterocycles. The van der Waals surface area contributed by atoms with Crippen LogP contribution in [0.25, 0.3) is 0 Å². The van der Waals surface area contributed by atoms with Gasteiger partial charge in [-0.2, -0.15) is 5.10 Å². The molecule has 0 saturated carbocycles.